The molecule has 5 atom stereocenters. The highest BCUT2D eigenvalue weighted by Gasteiger charge is 2.44. The number of hydrogen-bond donors (Lipinski definition) is 3. The van der Waals surface area contributed by atoms with Crippen molar-refractivity contribution in [3.63, 3.8) is 0 Å². The minimum absolute atomic E-state index is 0.187. The second kappa shape index (κ2) is 7.76. The quantitative estimate of drug-likeness (QED) is 0.545. The lowest BCUT2D eigenvalue weighted by Crippen LogP contribution is -2.59. The fourth-order valence-electron chi connectivity index (χ4n) is 1.82. The van der Waals surface area contributed by atoms with Crippen molar-refractivity contribution in [3.05, 3.63) is 0 Å². The van der Waals surface area contributed by atoms with Gasteiger partial charge >= 0.3 is 5.97 Å². The summed E-state index contributed by atoms with van der Waals surface area (Å²) in [6.45, 7) is 1.77. The minimum Gasteiger partial charge on any atom is -0.463 e. The lowest BCUT2D eigenvalue weighted by atomic mass is 9.99. The van der Waals surface area contributed by atoms with Crippen LogP contribution in [-0.2, 0) is 19.0 Å². The largest absolute Gasteiger partial charge is 0.463 e. The van der Waals surface area contributed by atoms with E-state index in [0.717, 1.165) is 12.8 Å². The van der Waals surface area contributed by atoms with Gasteiger partial charge in [-0.05, 0) is 6.42 Å². The predicted molar refractivity (Wildman–Crippen MR) is 64.2 cm³/mol. The molecule has 0 aliphatic carbocycles. The molecule has 1 aliphatic rings. The molecule has 1 fully saturated rings. The van der Waals surface area contributed by atoms with Gasteiger partial charge in [0.15, 0.2) is 6.29 Å². The fraction of sp³-hybridized carbons (Fsp3) is 0.917. The number of carbonyl (C=O) groups is 1. The van der Waals surface area contributed by atoms with Crippen LogP contribution in [-0.4, -0.2) is 65.7 Å². The third-order valence-corrected chi connectivity index (χ3v) is 3.04. The first-order valence-electron chi connectivity index (χ1n) is 6.39. The van der Waals surface area contributed by atoms with Crippen LogP contribution >= 0.6 is 0 Å². The van der Waals surface area contributed by atoms with E-state index in [9.17, 15) is 20.1 Å². The van der Waals surface area contributed by atoms with Crippen molar-refractivity contribution in [2.45, 2.75) is 56.9 Å². The van der Waals surface area contributed by atoms with Gasteiger partial charge < -0.3 is 29.5 Å². The Labute approximate surface area is 112 Å². The summed E-state index contributed by atoms with van der Waals surface area (Å²) < 4.78 is 15.0. The minimum atomic E-state index is -1.40. The first-order valence-corrected chi connectivity index (χ1v) is 6.39. The Hall–Kier alpha value is -0.730. The van der Waals surface area contributed by atoms with Gasteiger partial charge in [0, 0.05) is 13.5 Å². The summed E-state index contributed by atoms with van der Waals surface area (Å²) in [5.74, 6) is -0.382. The highest BCUT2D eigenvalue weighted by Crippen LogP contribution is 2.22. The monoisotopic (exact) mass is 278 g/mol. The van der Waals surface area contributed by atoms with E-state index >= 15 is 0 Å². The Morgan fingerprint density at radius 2 is 1.89 bits per heavy atom. The fourth-order valence-corrected chi connectivity index (χ4v) is 1.82. The first-order chi connectivity index (χ1) is 9.01. The number of aliphatic hydroxyl groups is 3. The Balaban J connectivity index is 2.46. The Bertz CT molecular complexity index is 281. The van der Waals surface area contributed by atoms with Gasteiger partial charge in [-0.3, -0.25) is 4.79 Å². The molecular weight excluding hydrogens is 256 g/mol. The van der Waals surface area contributed by atoms with E-state index in [1.807, 2.05) is 6.92 Å². The second-order valence-corrected chi connectivity index (χ2v) is 4.54. The molecular formula is C12H22O7. The number of aliphatic hydroxyl groups excluding tert-OH is 3. The van der Waals surface area contributed by atoms with Gasteiger partial charge in [0.1, 0.15) is 31.0 Å². The maximum absolute atomic E-state index is 11.3. The van der Waals surface area contributed by atoms with Gasteiger partial charge in [-0.25, -0.2) is 0 Å². The van der Waals surface area contributed by atoms with Gasteiger partial charge in [-0.2, -0.15) is 0 Å². The summed E-state index contributed by atoms with van der Waals surface area (Å²) in [5.41, 5.74) is 0. The molecule has 0 spiro atoms. The molecule has 0 aromatic rings. The molecule has 0 aromatic carbocycles. The van der Waals surface area contributed by atoms with Crippen molar-refractivity contribution in [1.29, 1.82) is 0 Å². The van der Waals surface area contributed by atoms with Gasteiger partial charge in [0.05, 0.1) is 0 Å². The van der Waals surface area contributed by atoms with Crippen molar-refractivity contribution < 1.29 is 34.3 Å². The molecule has 112 valence electrons. The number of esters is 1. The summed E-state index contributed by atoms with van der Waals surface area (Å²) in [6, 6.07) is 0. The Morgan fingerprint density at radius 3 is 2.47 bits per heavy atom. The van der Waals surface area contributed by atoms with Crippen molar-refractivity contribution in [2.75, 3.05) is 13.7 Å². The molecule has 1 heterocycles. The molecule has 1 saturated heterocycles. The van der Waals surface area contributed by atoms with Crippen LogP contribution < -0.4 is 0 Å². The maximum Gasteiger partial charge on any atom is 0.305 e. The zero-order valence-corrected chi connectivity index (χ0v) is 11.2. The predicted octanol–water partition coefficient (Wildman–Crippen LogP) is -0.826. The summed E-state index contributed by atoms with van der Waals surface area (Å²) >= 11 is 0. The van der Waals surface area contributed by atoms with Crippen LogP contribution in [0.25, 0.3) is 0 Å². The number of methoxy groups -OCH3 is 1. The highest BCUT2D eigenvalue weighted by atomic mass is 16.7. The molecule has 1 rings (SSSR count). The molecule has 0 saturated carbocycles. The van der Waals surface area contributed by atoms with Crippen LogP contribution in [0.15, 0.2) is 0 Å². The average Bonchev–Trinajstić information content (AvgIpc) is 2.41. The molecule has 0 amide bonds. The number of hydrogen-bond acceptors (Lipinski definition) is 7. The standard InChI is InChI=1S/C12H22O7/c1-3-4-5-8(13)18-6-7-9(14)10(15)11(16)12(17-2)19-7/h7,9-12,14-16H,3-6H2,1-2H3/t7-,9+,10+,11-,12+/m1/s1. The lowest BCUT2D eigenvalue weighted by Gasteiger charge is -2.39. The zero-order valence-electron chi connectivity index (χ0n) is 11.2. The smallest absolute Gasteiger partial charge is 0.305 e. The third-order valence-electron chi connectivity index (χ3n) is 3.04. The van der Waals surface area contributed by atoms with E-state index < -0.39 is 30.7 Å². The SMILES string of the molecule is CCCCC(=O)OC[C@H]1O[C@H](OC)[C@H](O)[C@@H](O)[C@H]1O. The molecule has 0 aromatic heterocycles. The highest BCUT2D eigenvalue weighted by molar-refractivity contribution is 5.69. The first kappa shape index (κ1) is 16.3. The van der Waals surface area contributed by atoms with E-state index in [1.165, 1.54) is 7.11 Å². The lowest BCUT2D eigenvalue weighted by molar-refractivity contribution is -0.295. The number of unbranched alkanes of at least 4 members (excludes halogenated alkanes) is 1. The molecule has 0 unspecified atom stereocenters. The summed E-state index contributed by atoms with van der Waals surface area (Å²) in [5, 5.41) is 28.9. The molecule has 3 N–H and O–H groups in total. The maximum atomic E-state index is 11.3. The van der Waals surface area contributed by atoms with Crippen molar-refractivity contribution in [1.82, 2.24) is 0 Å². The van der Waals surface area contributed by atoms with Crippen molar-refractivity contribution in [2.24, 2.45) is 0 Å². The number of ether oxygens (including phenoxy) is 3. The molecule has 7 heteroatoms. The van der Waals surface area contributed by atoms with Crippen molar-refractivity contribution >= 4 is 5.97 Å². The van der Waals surface area contributed by atoms with Crippen LogP contribution in [0.4, 0.5) is 0 Å². The second-order valence-electron chi connectivity index (χ2n) is 4.54. The molecule has 19 heavy (non-hydrogen) atoms. The third kappa shape index (κ3) is 4.39. The Kier molecular flexibility index (Phi) is 6.67. The molecule has 7 nitrogen and oxygen atoms in total. The van der Waals surface area contributed by atoms with Crippen LogP contribution in [0.1, 0.15) is 26.2 Å². The Morgan fingerprint density at radius 1 is 1.21 bits per heavy atom. The zero-order chi connectivity index (χ0) is 14.4. The van der Waals surface area contributed by atoms with E-state index in [1.54, 1.807) is 0 Å². The number of rotatable bonds is 6. The van der Waals surface area contributed by atoms with Crippen LogP contribution in [0.3, 0.4) is 0 Å². The van der Waals surface area contributed by atoms with Gasteiger partial charge in [-0.15, -0.1) is 0 Å². The molecule has 1 aliphatic heterocycles. The van der Waals surface area contributed by atoms with Crippen LogP contribution in [0.5, 0.6) is 0 Å². The summed E-state index contributed by atoms with van der Waals surface area (Å²) in [4.78, 5) is 11.3. The average molecular weight is 278 g/mol. The molecule has 0 bridgehead atoms. The van der Waals surface area contributed by atoms with Crippen LogP contribution in [0.2, 0.25) is 0 Å². The topological polar surface area (TPSA) is 105 Å². The van der Waals surface area contributed by atoms with Gasteiger partial charge in [0.25, 0.3) is 0 Å². The summed E-state index contributed by atoms with van der Waals surface area (Å²) in [6.07, 6.45) is -4.14. The van der Waals surface area contributed by atoms with Gasteiger partial charge in [0.2, 0.25) is 0 Å². The van der Waals surface area contributed by atoms with E-state index in [4.69, 9.17) is 14.2 Å². The molecule has 0 radical (unpaired) electrons. The normalized spacial score (nSPS) is 35.1. The number of carbonyl (C=O) groups excluding carboxylic acids is 1. The van der Waals surface area contributed by atoms with E-state index in [0.29, 0.717) is 6.42 Å². The van der Waals surface area contributed by atoms with Crippen LogP contribution in [0, 0.1) is 0 Å². The van der Waals surface area contributed by atoms with E-state index in [2.05, 4.69) is 0 Å². The van der Waals surface area contributed by atoms with Crippen molar-refractivity contribution in [3.8, 4) is 0 Å². The summed E-state index contributed by atoms with van der Waals surface area (Å²) in [7, 11) is 1.31. The van der Waals surface area contributed by atoms with Gasteiger partial charge in [-0.1, -0.05) is 13.3 Å². The van der Waals surface area contributed by atoms with E-state index in [-0.39, 0.29) is 12.6 Å².